The second-order valence-corrected chi connectivity index (χ2v) is 5.00. The van der Waals surface area contributed by atoms with Crippen molar-refractivity contribution in [2.75, 3.05) is 5.75 Å². The van der Waals surface area contributed by atoms with E-state index in [0.717, 1.165) is 16.2 Å². The normalized spacial score (nSPS) is 19.6. The molecule has 0 aromatic heterocycles. The van der Waals surface area contributed by atoms with Crippen molar-refractivity contribution in [2.45, 2.75) is 13.0 Å². The summed E-state index contributed by atoms with van der Waals surface area (Å²) in [6.45, 7) is 1.96. The van der Waals surface area contributed by atoms with Crippen LogP contribution < -0.4 is 0 Å². The van der Waals surface area contributed by atoms with E-state index in [-0.39, 0.29) is 0 Å². The number of carboxylic acids is 1. The molecule has 0 fully saturated rings. The van der Waals surface area contributed by atoms with E-state index < -0.39 is 12.0 Å². The number of halogens is 1. The minimum Gasteiger partial charge on any atom is -0.480 e. The second kappa shape index (κ2) is 4.47. The summed E-state index contributed by atoms with van der Waals surface area (Å²) in [4.78, 5) is 15.0. The number of hydrogen-bond donors (Lipinski definition) is 1. The van der Waals surface area contributed by atoms with E-state index in [4.69, 9.17) is 16.7 Å². The molecule has 3 nitrogen and oxygen atoms in total. The predicted molar refractivity (Wildman–Crippen MR) is 66.6 cm³/mol. The van der Waals surface area contributed by atoms with E-state index in [1.54, 1.807) is 0 Å². The Kier molecular flexibility index (Phi) is 3.21. The summed E-state index contributed by atoms with van der Waals surface area (Å²) >= 11 is 7.38. The molecule has 0 saturated heterocycles. The van der Waals surface area contributed by atoms with Crippen molar-refractivity contribution >= 4 is 34.4 Å². The van der Waals surface area contributed by atoms with Crippen molar-refractivity contribution in [1.82, 2.24) is 0 Å². The van der Waals surface area contributed by atoms with Crippen LogP contribution in [-0.2, 0) is 4.79 Å². The summed E-state index contributed by atoms with van der Waals surface area (Å²) in [6, 6.07) is 4.93. The van der Waals surface area contributed by atoms with Crippen LogP contribution in [0.15, 0.2) is 23.2 Å². The first-order chi connectivity index (χ1) is 7.58. The molecule has 0 bridgehead atoms. The van der Waals surface area contributed by atoms with Crippen LogP contribution in [0.2, 0.25) is 5.02 Å². The fraction of sp³-hybridized carbons (Fsp3) is 0.273. The number of carbonyl (C=O) groups is 1. The third-order valence-corrected chi connectivity index (χ3v) is 3.68. The van der Waals surface area contributed by atoms with Crippen LogP contribution in [0.5, 0.6) is 0 Å². The third-order valence-electron chi connectivity index (χ3n) is 2.37. The molecule has 1 aromatic carbocycles. The van der Waals surface area contributed by atoms with E-state index >= 15 is 0 Å². The maximum Gasteiger partial charge on any atom is 0.329 e. The van der Waals surface area contributed by atoms with Crippen LogP contribution in [-0.4, -0.2) is 27.9 Å². The van der Waals surface area contributed by atoms with E-state index in [9.17, 15) is 4.79 Å². The topological polar surface area (TPSA) is 49.7 Å². The summed E-state index contributed by atoms with van der Waals surface area (Å²) in [5.74, 6) is -0.376. The number of thioether (sulfide) groups is 1. The molecule has 1 aromatic rings. The molecule has 1 N–H and O–H groups in total. The van der Waals surface area contributed by atoms with Gasteiger partial charge in [0.1, 0.15) is 0 Å². The largest absolute Gasteiger partial charge is 0.480 e. The van der Waals surface area contributed by atoms with E-state index in [1.807, 2.05) is 25.1 Å². The van der Waals surface area contributed by atoms with Gasteiger partial charge >= 0.3 is 5.97 Å². The highest BCUT2D eigenvalue weighted by molar-refractivity contribution is 8.14. The van der Waals surface area contributed by atoms with Crippen molar-refractivity contribution in [3.63, 3.8) is 0 Å². The maximum atomic E-state index is 10.8. The van der Waals surface area contributed by atoms with Gasteiger partial charge in [-0.05, 0) is 24.6 Å². The number of aliphatic carboxylic acids is 1. The van der Waals surface area contributed by atoms with Crippen molar-refractivity contribution in [3.8, 4) is 0 Å². The lowest BCUT2D eigenvalue weighted by Gasteiger charge is -2.04. The molecule has 0 spiro atoms. The fourth-order valence-corrected chi connectivity index (χ4v) is 2.75. The van der Waals surface area contributed by atoms with Crippen molar-refractivity contribution < 1.29 is 9.90 Å². The zero-order valence-corrected chi connectivity index (χ0v) is 10.2. The molecule has 84 valence electrons. The number of aryl methyl sites for hydroxylation is 1. The Bertz CT molecular complexity index is 473. The minimum atomic E-state index is -0.873. The number of carboxylic acid groups (broad SMARTS) is 1. The summed E-state index contributed by atoms with van der Waals surface area (Å²) < 4.78 is 0. The molecule has 0 amide bonds. The highest BCUT2D eigenvalue weighted by Crippen LogP contribution is 2.27. The molecule has 0 aliphatic carbocycles. The van der Waals surface area contributed by atoms with Crippen LogP contribution in [0.4, 0.5) is 0 Å². The van der Waals surface area contributed by atoms with E-state index in [1.165, 1.54) is 11.8 Å². The Morgan fingerprint density at radius 1 is 1.62 bits per heavy atom. The molecule has 1 unspecified atom stereocenters. The Labute approximate surface area is 103 Å². The van der Waals surface area contributed by atoms with Crippen molar-refractivity contribution in [2.24, 2.45) is 4.99 Å². The third kappa shape index (κ3) is 2.23. The van der Waals surface area contributed by atoms with Gasteiger partial charge in [-0.25, -0.2) is 4.79 Å². The first kappa shape index (κ1) is 11.5. The average Bonchev–Trinajstić information content (AvgIpc) is 2.70. The van der Waals surface area contributed by atoms with Crippen molar-refractivity contribution in [3.05, 3.63) is 34.3 Å². The van der Waals surface area contributed by atoms with Gasteiger partial charge < -0.3 is 5.11 Å². The van der Waals surface area contributed by atoms with Crippen molar-refractivity contribution in [1.29, 1.82) is 0 Å². The van der Waals surface area contributed by atoms with Gasteiger partial charge in [0.15, 0.2) is 6.04 Å². The first-order valence-corrected chi connectivity index (χ1v) is 6.14. The zero-order chi connectivity index (χ0) is 11.7. The van der Waals surface area contributed by atoms with Crippen LogP contribution in [0.1, 0.15) is 11.1 Å². The van der Waals surface area contributed by atoms with Crippen LogP contribution in [0.25, 0.3) is 0 Å². The van der Waals surface area contributed by atoms with Crippen LogP contribution >= 0.6 is 23.4 Å². The summed E-state index contributed by atoms with van der Waals surface area (Å²) in [7, 11) is 0. The van der Waals surface area contributed by atoms with Gasteiger partial charge in [-0.15, -0.1) is 11.8 Å². The fourth-order valence-electron chi connectivity index (χ4n) is 1.47. The molecule has 1 aliphatic rings. The van der Waals surface area contributed by atoms with Crippen LogP contribution in [0.3, 0.4) is 0 Å². The molecule has 1 heterocycles. The second-order valence-electron chi connectivity index (χ2n) is 3.56. The lowest BCUT2D eigenvalue weighted by atomic mass is 10.1. The van der Waals surface area contributed by atoms with Gasteiger partial charge in [0, 0.05) is 16.3 Å². The van der Waals surface area contributed by atoms with Gasteiger partial charge in [0.25, 0.3) is 0 Å². The molecule has 0 radical (unpaired) electrons. The minimum absolute atomic E-state index is 0.497. The molecular formula is C11H10ClNO2S. The standard InChI is InChI=1S/C11H10ClNO2S/c1-6-2-3-7(12)4-8(6)10-13-9(5-16-10)11(14)15/h2-4,9H,5H2,1H3,(H,14,15). The molecule has 2 rings (SSSR count). The lowest BCUT2D eigenvalue weighted by molar-refractivity contribution is -0.137. The Morgan fingerprint density at radius 2 is 2.38 bits per heavy atom. The highest BCUT2D eigenvalue weighted by atomic mass is 35.5. The number of rotatable bonds is 2. The van der Waals surface area contributed by atoms with Gasteiger partial charge in [-0.2, -0.15) is 0 Å². The highest BCUT2D eigenvalue weighted by Gasteiger charge is 2.25. The van der Waals surface area contributed by atoms with E-state index in [0.29, 0.717) is 10.8 Å². The van der Waals surface area contributed by atoms with Gasteiger partial charge in [0.2, 0.25) is 0 Å². The number of nitrogens with zero attached hydrogens (tertiary/aromatic N) is 1. The van der Waals surface area contributed by atoms with Gasteiger partial charge in [-0.3, -0.25) is 4.99 Å². The van der Waals surface area contributed by atoms with Gasteiger partial charge in [-0.1, -0.05) is 17.7 Å². The SMILES string of the molecule is Cc1ccc(Cl)cc1C1=NC(C(=O)O)CS1. The monoisotopic (exact) mass is 255 g/mol. The Morgan fingerprint density at radius 3 is 3.00 bits per heavy atom. The maximum absolute atomic E-state index is 10.8. The molecule has 16 heavy (non-hydrogen) atoms. The number of aliphatic imine (C=N–C) groups is 1. The van der Waals surface area contributed by atoms with Gasteiger partial charge in [0.05, 0.1) is 5.04 Å². The quantitative estimate of drug-likeness (QED) is 0.884. The molecule has 0 saturated carbocycles. The molecule has 1 atom stereocenters. The Hall–Kier alpha value is -1.00. The summed E-state index contributed by atoms with van der Waals surface area (Å²) in [6.07, 6.45) is 0. The first-order valence-electron chi connectivity index (χ1n) is 4.78. The number of benzene rings is 1. The Balaban J connectivity index is 2.35. The molecule has 5 heteroatoms. The van der Waals surface area contributed by atoms with Crippen LogP contribution in [0, 0.1) is 6.92 Å². The zero-order valence-electron chi connectivity index (χ0n) is 8.61. The predicted octanol–water partition coefficient (Wildman–Crippen LogP) is 2.60. The average molecular weight is 256 g/mol. The smallest absolute Gasteiger partial charge is 0.329 e. The summed E-state index contributed by atoms with van der Waals surface area (Å²) in [5, 5.41) is 10.3. The number of hydrogen-bond acceptors (Lipinski definition) is 3. The van der Waals surface area contributed by atoms with E-state index in [2.05, 4.69) is 4.99 Å². The molecule has 1 aliphatic heterocycles. The summed E-state index contributed by atoms with van der Waals surface area (Å²) in [5.41, 5.74) is 1.99. The lowest BCUT2D eigenvalue weighted by Crippen LogP contribution is -2.17. The molecular weight excluding hydrogens is 246 g/mol.